The minimum absolute atomic E-state index is 0.253. The van der Waals surface area contributed by atoms with Crippen molar-refractivity contribution in [2.75, 3.05) is 17.7 Å². The van der Waals surface area contributed by atoms with E-state index in [1.54, 1.807) is 19.2 Å². The first-order valence-corrected chi connectivity index (χ1v) is 6.76. The molecule has 0 saturated carbocycles. The molecular formula is C13H11N5OS. The van der Waals surface area contributed by atoms with Crippen LogP contribution in [0.25, 0.3) is 10.2 Å². The van der Waals surface area contributed by atoms with E-state index >= 15 is 0 Å². The summed E-state index contributed by atoms with van der Waals surface area (Å²) < 4.78 is 1.03. The average molecular weight is 285 g/mol. The summed E-state index contributed by atoms with van der Waals surface area (Å²) >= 11 is 1.42. The van der Waals surface area contributed by atoms with Crippen LogP contribution in [-0.4, -0.2) is 28.1 Å². The SMILES string of the molecule is CNc1ccc(C(=O)Nc2nc3ccccc3s2)nn1. The fourth-order valence-corrected chi connectivity index (χ4v) is 2.53. The lowest BCUT2D eigenvalue weighted by Gasteiger charge is -2.01. The standard InChI is InChI=1S/C13H11N5OS/c1-14-11-7-6-9(17-18-11)12(19)16-13-15-8-4-2-3-5-10(8)20-13/h2-7H,1H3,(H,14,18)(H,15,16,19). The van der Waals surface area contributed by atoms with Gasteiger partial charge in [-0.05, 0) is 24.3 Å². The van der Waals surface area contributed by atoms with Crippen LogP contribution < -0.4 is 10.6 Å². The summed E-state index contributed by atoms with van der Waals surface area (Å²) in [5.41, 5.74) is 1.12. The number of nitrogens with zero attached hydrogens (tertiary/aromatic N) is 3. The molecule has 100 valence electrons. The molecule has 0 aliphatic carbocycles. The summed E-state index contributed by atoms with van der Waals surface area (Å²) in [5.74, 6) is 0.292. The van der Waals surface area contributed by atoms with Crippen LogP contribution in [0.5, 0.6) is 0 Å². The first-order chi connectivity index (χ1) is 9.76. The number of hydrogen-bond donors (Lipinski definition) is 2. The molecule has 0 spiro atoms. The molecule has 3 aromatic rings. The van der Waals surface area contributed by atoms with Crippen LogP contribution in [0.4, 0.5) is 10.9 Å². The molecule has 0 fully saturated rings. The number of hydrogen-bond acceptors (Lipinski definition) is 6. The second-order valence-corrected chi connectivity index (χ2v) is 5.03. The van der Waals surface area contributed by atoms with Gasteiger partial charge in [0.05, 0.1) is 10.2 Å². The molecule has 0 radical (unpaired) electrons. The van der Waals surface area contributed by atoms with Gasteiger partial charge in [0.25, 0.3) is 5.91 Å². The fraction of sp³-hybridized carbons (Fsp3) is 0.0769. The minimum Gasteiger partial charge on any atom is -0.372 e. The Kier molecular flexibility index (Phi) is 3.26. The van der Waals surface area contributed by atoms with Gasteiger partial charge in [0.2, 0.25) is 0 Å². The smallest absolute Gasteiger partial charge is 0.277 e. The monoisotopic (exact) mass is 285 g/mol. The third-order valence-corrected chi connectivity index (χ3v) is 3.62. The Hall–Kier alpha value is -2.54. The van der Waals surface area contributed by atoms with Gasteiger partial charge in [-0.3, -0.25) is 10.1 Å². The van der Waals surface area contributed by atoms with Crippen LogP contribution in [0.3, 0.4) is 0 Å². The molecule has 0 aliphatic rings. The fourth-order valence-electron chi connectivity index (χ4n) is 1.67. The van der Waals surface area contributed by atoms with Crippen molar-refractivity contribution in [2.45, 2.75) is 0 Å². The number of anilines is 2. The van der Waals surface area contributed by atoms with E-state index in [4.69, 9.17) is 0 Å². The number of para-hydroxylation sites is 1. The van der Waals surface area contributed by atoms with Crippen molar-refractivity contribution in [2.24, 2.45) is 0 Å². The minimum atomic E-state index is -0.320. The van der Waals surface area contributed by atoms with Crippen LogP contribution in [-0.2, 0) is 0 Å². The van der Waals surface area contributed by atoms with E-state index < -0.39 is 0 Å². The second kappa shape index (κ2) is 5.22. The highest BCUT2D eigenvalue weighted by molar-refractivity contribution is 7.22. The topological polar surface area (TPSA) is 79.8 Å². The molecular weight excluding hydrogens is 274 g/mol. The molecule has 3 rings (SSSR count). The lowest BCUT2D eigenvalue weighted by atomic mass is 10.3. The Morgan fingerprint density at radius 2 is 2.00 bits per heavy atom. The molecule has 20 heavy (non-hydrogen) atoms. The molecule has 6 nitrogen and oxygen atoms in total. The van der Waals surface area contributed by atoms with E-state index in [0.29, 0.717) is 10.9 Å². The molecule has 0 bridgehead atoms. The van der Waals surface area contributed by atoms with Gasteiger partial charge in [-0.25, -0.2) is 4.98 Å². The summed E-state index contributed by atoms with van der Waals surface area (Å²) in [5, 5.41) is 13.8. The highest BCUT2D eigenvalue weighted by Gasteiger charge is 2.11. The number of aromatic nitrogens is 3. The second-order valence-electron chi connectivity index (χ2n) is 3.99. The highest BCUT2D eigenvalue weighted by Crippen LogP contribution is 2.25. The van der Waals surface area contributed by atoms with Crippen molar-refractivity contribution >= 4 is 38.4 Å². The van der Waals surface area contributed by atoms with Gasteiger partial charge >= 0.3 is 0 Å². The van der Waals surface area contributed by atoms with E-state index in [0.717, 1.165) is 10.2 Å². The van der Waals surface area contributed by atoms with Gasteiger partial charge in [-0.1, -0.05) is 23.5 Å². The molecule has 1 amide bonds. The molecule has 2 heterocycles. The molecule has 0 atom stereocenters. The van der Waals surface area contributed by atoms with Crippen molar-refractivity contribution in [3.05, 3.63) is 42.1 Å². The van der Waals surface area contributed by atoms with Crippen LogP contribution in [0.15, 0.2) is 36.4 Å². The van der Waals surface area contributed by atoms with E-state index in [-0.39, 0.29) is 11.6 Å². The van der Waals surface area contributed by atoms with Crippen molar-refractivity contribution in [3.63, 3.8) is 0 Å². The number of thiazole rings is 1. The van der Waals surface area contributed by atoms with Gasteiger partial charge in [0, 0.05) is 7.05 Å². The number of benzene rings is 1. The first kappa shape index (κ1) is 12.5. The van der Waals surface area contributed by atoms with Crippen molar-refractivity contribution in [1.82, 2.24) is 15.2 Å². The third kappa shape index (κ3) is 2.43. The third-order valence-electron chi connectivity index (χ3n) is 2.67. The van der Waals surface area contributed by atoms with Crippen molar-refractivity contribution in [1.29, 1.82) is 0 Å². The highest BCUT2D eigenvalue weighted by atomic mass is 32.1. The Labute approximate surface area is 118 Å². The molecule has 2 aromatic heterocycles. The number of nitrogens with one attached hydrogen (secondary N) is 2. The Balaban J connectivity index is 1.80. The number of fused-ring (bicyclic) bond motifs is 1. The quantitative estimate of drug-likeness (QED) is 0.772. The lowest BCUT2D eigenvalue weighted by Crippen LogP contribution is -2.14. The molecule has 0 unspecified atom stereocenters. The zero-order valence-electron chi connectivity index (χ0n) is 10.6. The average Bonchev–Trinajstić information content (AvgIpc) is 2.89. The van der Waals surface area contributed by atoms with Crippen LogP contribution in [0.1, 0.15) is 10.5 Å². The Morgan fingerprint density at radius 3 is 2.70 bits per heavy atom. The van der Waals surface area contributed by atoms with Crippen molar-refractivity contribution in [3.8, 4) is 0 Å². The maximum Gasteiger partial charge on any atom is 0.277 e. The summed E-state index contributed by atoms with van der Waals surface area (Å²) in [6.07, 6.45) is 0. The van der Waals surface area contributed by atoms with Gasteiger partial charge in [0.1, 0.15) is 5.82 Å². The van der Waals surface area contributed by atoms with E-state index in [9.17, 15) is 4.79 Å². The normalized spacial score (nSPS) is 10.4. The van der Waals surface area contributed by atoms with Crippen LogP contribution in [0.2, 0.25) is 0 Å². The largest absolute Gasteiger partial charge is 0.372 e. The van der Waals surface area contributed by atoms with E-state index in [1.807, 2.05) is 24.3 Å². The van der Waals surface area contributed by atoms with E-state index in [2.05, 4.69) is 25.8 Å². The van der Waals surface area contributed by atoms with Crippen LogP contribution in [0, 0.1) is 0 Å². The summed E-state index contributed by atoms with van der Waals surface area (Å²) in [7, 11) is 1.74. The number of rotatable bonds is 3. The first-order valence-electron chi connectivity index (χ1n) is 5.94. The maximum absolute atomic E-state index is 12.0. The van der Waals surface area contributed by atoms with E-state index in [1.165, 1.54) is 11.3 Å². The summed E-state index contributed by atoms with van der Waals surface area (Å²) in [4.78, 5) is 16.4. The number of amides is 1. The molecule has 1 aromatic carbocycles. The van der Waals surface area contributed by atoms with Gasteiger partial charge < -0.3 is 5.32 Å². The van der Waals surface area contributed by atoms with Gasteiger partial charge in [-0.2, -0.15) is 0 Å². The van der Waals surface area contributed by atoms with Gasteiger partial charge in [0.15, 0.2) is 10.8 Å². The summed E-state index contributed by atoms with van der Waals surface area (Å²) in [6.45, 7) is 0. The van der Waals surface area contributed by atoms with Crippen LogP contribution >= 0.6 is 11.3 Å². The predicted molar refractivity (Wildman–Crippen MR) is 79.2 cm³/mol. The number of carbonyl (C=O) groups is 1. The molecule has 0 aliphatic heterocycles. The Bertz CT molecular complexity index is 720. The lowest BCUT2D eigenvalue weighted by molar-refractivity contribution is 0.102. The molecule has 2 N–H and O–H groups in total. The zero-order chi connectivity index (χ0) is 13.9. The summed E-state index contributed by atoms with van der Waals surface area (Å²) in [6, 6.07) is 11.0. The maximum atomic E-state index is 12.0. The van der Waals surface area contributed by atoms with Crippen molar-refractivity contribution < 1.29 is 4.79 Å². The predicted octanol–water partition coefficient (Wildman–Crippen LogP) is 2.38. The van der Waals surface area contributed by atoms with Gasteiger partial charge in [-0.15, -0.1) is 10.2 Å². The number of carbonyl (C=O) groups excluding carboxylic acids is 1. The molecule has 7 heteroatoms. The Morgan fingerprint density at radius 1 is 1.15 bits per heavy atom. The zero-order valence-corrected chi connectivity index (χ0v) is 11.4. The molecule has 0 saturated heterocycles.